The lowest BCUT2D eigenvalue weighted by Crippen LogP contribution is -2.18. The standard InChI is InChI=1S/C17H14ClF2N3O/c1-10(12-4-7-14(19)15(20)8-12)21-9-16-22-17(23-24-16)11-2-5-13(18)6-3-11/h2-8,10,21H,9H2,1H3/t10-/m0/s1. The van der Waals surface area contributed by atoms with Crippen molar-refractivity contribution >= 4 is 11.6 Å². The molecular formula is C17H14ClF2N3O. The maximum absolute atomic E-state index is 13.3. The molecule has 124 valence electrons. The van der Waals surface area contributed by atoms with Crippen LogP contribution in [0.5, 0.6) is 0 Å². The summed E-state index contributed by atoms with van der Waals surface area (Å²) in [4.78, 5) is 4.29. The van der Waals surface area contributed by atoms with Gasteiger partial charge in [-0.25, -0.2) is 8.78 Å². The minimum Gasteiger partial charge on any atom is -0.338 e. The van der Waals surface area contributed by atoms with Crippen molar-refractivity contribution in [3.05, 3.63) is 70.6 Å². The summed E-state index contributed by atoms with van der Waals surface area (Å²) in [5.41, 5.74) is 1.43. The number of nitrogens with one attached hydrogen (secondary N) is 1. The van der Waals surface area contributed by atoms with E-state index in [1.807, 2.05) is 6.92 Å². The van der Waals surface area contributed by atoms with Crippen LogP contribution in [0.1, 0.15) is 24.4 Å². The van der Waals surface area contributed by atoms with E-state index >= 15 is 0 Å². The normalized spacial score (nSPS) is 12.3. The third-order valence-corrected chi connectivity index (χ3v) is 3.83. The zero-order valence-corrected chi connectivity index (χ0v) is 13.5. The van der Waals surface area contributed by atoms with Crippen LogP contribution in [0.2, 0.25) is 5.02 Å². The van der Waals surface area contributed by atoms with Crippen LogP contribution in [-0.2, 0) is 6.54 Å². The molecule has 0 aliphatic rings. The maximum Gasteiger partial charge on any atom is 0.240 e. The van der Waals surface area contributed by atoms with E-state index in [0.717, 1.165) is 11.6 Å². The number of rotatable bonds is 5. The van der Waals surface area contributed by atoms with Crippen LogP contribution in [-0.4, -0.2) is 10.1 Å². The van der Waals surface area contributed by atoms with Gasteiger partial charge < -0.3 is 9.84 Å². The molecule has 0 amide bonds. The Bertz CT molecular complexity index is 836. The van der Waals surface area contributed by atoms with Gasteiger partial charge in [0.05, 0.1) is 6.54 Å². The highest BCUT2D eigenvalue weighted by atomic mass is 35.5. The molecule has 24 heavy (non-hydrogen) atoms. The van der Waals surface area contributed by atoms with Crippen LogP contribution in [0, 0.1) is 11.6 Å². The van der Waals surface area contributed by atoms with E-state index in [1.165, 1.54) is 12.1 Å². The zero-order chi connectivity index (χ0) is 17.1. The van der Waals surface area contributed by atoms with E-state index in [1.54, 1.807) is 24.3 Å². The number of hydrogen-bond acceptors (Lipinski definition) is 4. The Balaban J connectivity index is 1.64. The first-order valence-electron chi connectivity index (χ1n) is 7.30. The lowest BCUT2D eigenvalue weighted by atomic mass is 10.1. The second-order valence-corrected chi connectivity index (χ2v) is 5.73. The molecule has 1 N–H and O–H groups in total. The van der Waals surface area contributed by atoms with Gasteiger partial charge in [-0.2, -0.15) is 4.98 Å². The SMILES string of the molecule is C[C@H](NCc1nc(-c2ccc(Cl)cc2)no1)c1ccc(F)c(F)c1. The van der Waals surface area contributed by atoms with Crippen molar-refractivity contribution in [3.8, 4) is 11.4 Å². The van der Waals surface area contributed by atoms with E-state index in [2.05, 4.69) is 15.5 Å². The highest BCUT2D eigenvalue weighted by Crippen LogP contribution is 2.19. The van der Waals surface area contributed by atoms with Crippen molar-refractivity contribution in [2.75, 3.05) is 0 Å². The van der Waals surface area contributed by atoms with Crippen molar-refractivity contribution in [2.24, 2.45) is 0 Å². The average molecular weight is 350 g/mol. The Morgan fingerprint density at radius 2 is 1.88 bits per heavy atom. The van der Waals surface area contributed by atoms with Gasteiger partial charge >= 0.3 is 0 Å². The number of hydrogen-bond donors (Lipinski definition) is 1. The highest BCUT2D eigenvalue weighted by molar-refractivity contribution is 6.30. The Morgan fingerprint density at radius 3 is 2.58 bits per heavy atom. The smallest absolute Gasteiger partial charge is 0.240 e. The molecule has 0 radical (unpaired) electrons. The summed E-state index contributed by atoms with van der Waals surface area (Å²) in [7, 11) is 0. The summed E-state index contributed by atoms with van der Waals surface area (Å²) < 4.78 is 31.4. The molecule has 1 aromatic heterocycles. The predicted molar refractivity (Wildman–Crippen MR) is 86.4 cm³/mol. The van der Waals surface area contributed by atoms with Crippen LogP contribution >= 0.6 is 11.6 Å². The van der Waals surface area contributed by atoms with E-state index in [9.17, 15) is 8.78 Å². The van der Waals surface area contributed by atoms with Crippen LogP contribution in [0.25, 0.3) is 11.4 Å². The Morgan fingerprint density at radius 1 is 1.12 bits per heavy atom. The van der Waals surface area contributed by atoms with Crippen molar-refractivity contribution in [2.45, 2.75) is 19.5 Å². The lowest BCUT2D eigenvalue weighted by Gasteiger charge is -2.12. The topological polar surface area (TPSA) is 51.0 Å². The van der Waals surface area contributed by atoms with E-state index in [4.69, 9.17) is 16.1 Å². The second-order valence-electron chi connectivity index (χ2n) is 5.29. The fourth-order valence-electron chi connectivity index (χ4n) is 2.18. The molecule has 0 aliphatic carbocycles. The fourth-order valence-corrected chi connectivity index (χ4v) is 2.31. The third kappa shape index (κ3) is 3.77. The molecule has 7 heteroatoms. The van der Waals surface area contributed by atoms with Crippen molar-refractivity contribution < 1.29 is 13.3 Å². The van der Waals surface area contributed by atoms with Gasteiger partial charge in [0.1, 0.15) is 0 Å². The summed E-state index contributed by atoms with van der Waals surface area (Å²) in [5, 5.41) is 7.67. The molecule has 0 fully saturated rings. The Labute approximate surface area is 142 Å². The monoisotopic (exact) mass is 349 g/mol. The molecule has 0 unspecified atom stereocenters. The average Bonchev–Trinajstić information content (AvgIpc) is 3.05. The van der Waals surface area contributed by atoms with Gasteiger partial charge in [-0.1, -0.05) is 22.8 Å². The number of nitrogens with zero attached hydrogens (tertiary/aromatic N) is 2. The fraction of sp³-hybridized carbons (Fsp3) is 0.176. The van der Waals surface area contributed by atoms with Gasteiger partial charge in [-0.05, 0) is 48.9 Å². The van der Waals surface area contributed by atoms with Gasteiger partial charge in [0.25, 0.3) is 0 Å². The molecule has 1 atom stereocenters. The van der Waals surface area contributed by atoms with E-state index < -0.39 is 11.6 Å². The van der Waals surface area contributed by atoms with Crippen LogP contribution in [0.15, 0.2) is 47.0 Å². The second kappa shape index (κ2) is 7.07. The minimum absolute atomic E-state index is 0.203. The molecule has 0 bridgehead atoms. The largest absolute Gasteiger partial charge is 0.338 e. The van der Waals surface area contributed by atoms with Crippen molar-refractivity contribution in [3.63, 3.8) is 0 Å². The van der Waals surface area contributed by atoms with Gasteiger partial charge in [0.15, 0.2) is 11.6 Å². The highest BCUT2D eigenvalue weighted by Gasteiger charge is 2.12. The van der Waals surface area contributed by atoms with E-state index in [0.29, 0.717) is 28.8 Å². The minimum atomic E-state index is -0.871. The van der Waals surface area contributed by atoms with Crippen LogP contribution < -0.4 is 5.32 Å². The van der Waals surface area contributed by atoms with Gasteiger partial charge in [-0.3, -0.25) is 0 Å². The van der Waals surface area contributed by atoms with Crippen LogP contribution in [0.3, 0.4) is 0 Å². The molecule has 0 saturated heterocycles. The molecule has 0 spiro atoms. The summed E-state index contributed by atoms with van der Waals surface area (Å²) in [5.74, 6) is -0.877. The third-order valence-electron chi connectivity index (χ3n) is 3.57. The number of benzene rings is 2. The Hall–Kier alpha value is -2.31. The van der Waals surface area contributed by atoms with Crippen molar-refractivity contribution in [1.82, 2.24) is 15.5 Å². The molecule has 2 aromatic carbocycles. The maximum atomic E-state index is 13.3. The van der Waals surface area contributed by atoms with Gasteiger partial charge in [-0.15, -0.1) is 0 Å². The molecule has 1 heterocycles. The van der Waals surface area contributed by atoms with Crippen LogP contribution in [0.4, 0.5) is 8.78 Å². The van der Waals surface area contributed by atoms with E-state index in [-0.39, 0.29) is 6.04 Å². The van der Waals surface area contributed by atoms with Crippen molar-refractivity contribution in [1.29, 1.82) is 0 Å². The summed E-state index contributed by atoms with van der Waals surface area (Å²) in [6, 6.07) is 10.7. The molecule has 3 aromatic rings. The molecule has 0 saturated carbocycles. The summed E-state index contributed by atoms with van der Waals surface area (Å²) in [6.45, 7) is 2.14. The summed E-state index contributed by atoms with van der Waals surface area (Å²) in [6.07, 6.45) is 0. The Kier molecular flexibility index (Phi) is 4.87. The summed E-state index contributed by atoms with van der Waals surface area (Å²) >= 11 is 5.84. The number of aromatic nitrogens is 2. The molecular weight excluding hydrogens is 336 g/mol. The number of halogens is 3. The van der Waals surface area contributed by atoms with Gasteiger partial charge in [0, 0.05) is 16.6 Å². The molecule has 0 aliphatic heterocycles. The first-order chi connectivity index (χ1) is 11.5. The quantitative estimate of drug-likeness (QED) is 0.735. The first-order valence-corrected chi connectivity index (χ1v) is 7.67. The van der Waals surface area contributed by atoms with Gasteiger partial charge in [0.2, 0.25) is 11.7 Å². The molecule has 3 rings (SSSR count). The molecule has 4 nitrogen and oxygen atoms in total. The zero-order valence-electron chi connectivity index (χ0n) is 12.8. The predicted octanol–water partition coefficient (Wildman–Crippen LogP) is 4.52. The first kappa shape index (κ1) is 16.5. The lowest BCUT2D eigenvalue weighted by molar-refractivity contribution is 0.360.